The van der Waals surface area contributed by atoms with Crippen molar-refractivity contribution in [3.8, 4) is 5.75 Å². The van der Waals surface area contributed by atoms with Crippen LogP contribution in [0.2, 0.25) is 0 Å². The molecule has 86 valence electrons. The van der Waals surface area contributed by atoms with Crippen LogP contribution in [0.25, 0.3) is 0 Å². The largest absolute Gasteiger partial charge is 0.496 e. The number of hydrogen-bond acceptors (Lipinski definition) is 6. The van der Waals surface area contributed by atoms with Crippen molar-refractivity contribution in [1.82, 2.24) is 5.43 Å². The summed E-state index contributed by atoms with van der Waals surface area (Å²) in [5.74, 6) is 0.740. The normalized spacial score (nSPS) is 18.7. The Hall–Kier alpha value is -1.34. The number of ether oxygens (including phenoxy) is 1. The molecule has 0 fully saturated rings. The summed E-state index contributed by atoms with van der Waals surface area (Å²) >= 11 is 3.39. The Morgan fingerprint density at radius 2 is 2.44 bits per heavy atom. The standard InChI is InChI=1S/C9H11BrN4O2/c1-16-8-4-2-3-7(6(8)5-10)14-9(15)11-12-13-14/h2-4,9,15H,5H2,1H3,(H,11,13). The van der Waals surface area contributed by atoms with Crippen molar-refractivity contribution in [3.05, 3.63) is 23.8 Å². The highest BCUT2D eigenvalue weighted by molar-refractivity contribution is 9.08. The van der Waals surface area contributed by atoms with Crippen LogP contribution in [0.5, 0.6) is 5.75 Å². The summed E-state index contributed by atoms with van der Waals surface area (Å²) in [5.41, 5.74) is 4.10. The predicted molar refractivity (Wildman–Crippen MR) is 62.1 cm³/mol. The lowest BCUT2D eigenvalue weighted by Gasteiger charge is -2.20. The quantitative estimate of drug-likeness (QED) is 0.828. The van der Waals surface area contributed by atoms with E-state index in [2.05, 4.69) is 31.8 Å². The molecule has 0 bridgehead atoms. The van der Waals surface area contributed by atoms with E-state index in [1.807, 2.05) is 18.2 Å². The zero-order valence-corrected chi connectivity index (χ0v) is 10.2. The Morgan fingerprint density at radius 3 is 3.00 bits per heavy atom. The van der Waals surface area contributed by atoms with Gasteiger partial charge in [-0.1, -0.05) is 27.2 Å². The lowest BCUT2D eigenvalue weighted by molar-refractivity contribution is 0.154. The summed E-state index contributed by atoms with van der Waals surface area (Å²) in [4.78, 5) is 0. The van der Waals surface area contributed by atoms with Gasteiger partial charge in [-0.25, -0.2) is 5.43 Å². The van der Waals surface area contributed by atoms with E-state index in [0.29, 0.717) is 5.33 Å². The first-order valence-corrected chi connectivity index (χ1v) is 5.75. The van der Waals surface area contributed by atoms with Gasteiger partial charge in [0.05, 0.1) is 12.8 Å². The molecule has 1 unspecified atom stereocenters. The minimum Gasteiger partial charge on any atom is -0.496 e. The molecular weight excluding hydrogens is 276 g/mol. The fourth-order valence-corrected chi connectivity index (χ4v) is 2.07. The van der Waals surface area contributed by atoms with Crippen LogP contribution in [0.3, 0.4) is 0 Å². The zero-order valence-electron chi connectivity index (χ0n) is 8.59. The molecule has 0 aromatic heterocycles. The van der Waals surface area contributed by atoms with E-state index in [9.17, 15) is 5.11 Å². The number of alkyl halides is 1. The zero-order chi connectivity index (χ0) is 11.5. The van der Waals surface area contributed by atoms with Crippen molar-refractivity contribution < 1.29 is 9.84 Å². The Kier molecular flexibility index (Phi) is 3.25. The number of nitrogens with one attached hydrogen (secondary N) is 1. The number of hydrogen-bond donors (Lipinski definition) is 2. The second-order valence-corrected chi connectivity index (χ2v) is 3.69. The number of halogens is 1. The average Bonchev–Trinajstić information content (AvgIpc) is 2.74. The van der Waals surface area contributed by atoms with E-state index in [1.165, 1.54) is 5.01 Å². The van der Waals surface area contributed by atoms with Gasteiger partial charge in [0, 0.05) is 10.9 Å². The van der Waals surface area contributed by atoms with Crippen molar-refractivity contribution in [2.75, 3.05) is 12.1 Å². The van der Waals surface area contributed by atoms with Crippen molar-refractivity contribution >= 4 is 21.6 Å². The van der Waals surface area contributed by atoms with Crippen molar-refractivity contribution in [1.29, 1.82) is 0 Å². The number of methoxy groups -OCH3 is 1. The summed E-state index contributed by atoms with van der Waals surface area (Å²) < 4.78 is 5.24. The van der Waals surface area contributed by atoms with E-state index in [-0.39, 0.29) is 0 Å². The lowest BCUT2D eigenvalue weighted by Crippen LogP contribution is -2.35. The summed E-state index contributed by atoms with van der Waals surface area (Å²) in [5, 5.41) is 18.9. The fourth-order valence-electron chi connectivity index (χ4n) is 1.50. The highest BCUT2D eigenvalue weighted by atomic mass is 79.9. The maximum Gasteiger partial charge on any atom is 0.243 e. The number of nitrogens with zero attached hydrogens (tertiary/aromatic N) is 3. The maximum atomic E-state index is 9.60. The Labute approximate surface area is 101 Å². The van der Waals surface area contributed by atoms with Crippen LogP contribution in [0.4, 0.5) is 5.69 Å². The van der Waals surface area contributed by atoms with Gasteiger partial charge in [0.2, 0.25) is 6.35 Å². The summed E-state index contributed by atoms with van der Waals surface area (Å²) in [7, 11) is 1.60. The molecule has 0 spiro atoms. The Bertz CT molecular complexity index is 412. The number of aliphatic hydroxyl groups is 1. The second kappa shape index (κ2) is 4.67. The van der Waals surface area contributed by atoms with Gasteiger partial charge in [0.15, 0.2) is 0 Å². The molecule has 1 heterocycles. The molecule has 0 saturated heterocycles. The first kappa shape index (κ1) is 11.2. The van der Waals surface area contributed by atoms with Gasteiger partial charge >= 0.3 is 0 Å². The number of benzene rings is 1. The number of aliphatic hydroxyl groups excluding tert-OH is 1. The predicted octanol–water partition coefficient (Wildman–Crippen LogP) is 1.56. The molecule has 6 nitrogen and oxygen atoms in total. The highest BCUT2D eigenvalue weighted by Crippen LogP contribution is 2.32. The van der Waals surface area contributed by atoms with Gasteiger partial charge in [-0.05, 0) is 17.4 Å². The SMILES string of the molecule is COc1cccc(N2N=NNC2O)c1CBr. The molecule has 1 aliphatic rings. The fraction of sp³-hybridized carbons (Fsp3) is 0.333. The van der Waals surface area contributed by atoms with E-state index < -0.39 is 6.35 Å². The Balaban J connectivity index is 2.43. The van der Waals surface area contributed by atoms with Crippen LogP contribution in [-0.2, 0) is 5.33 Å². The van der Waals surface area contributed by atoms with Gasteiger partial charge in [0.25, 0.3) is 0 Å². The van der Waals surface area contributed by atoms with Crippen LogP contribution in [0.15, 0.2) is 28.6 Å². The van der Waals surface area contributed by atoms with Crippen LogP contribution in [0.1, 0.15) is 5.56 Å². The van der Waals surface area contributed by atoms with Crippen LogP contribution < -0.4 is 15.2 Å². The molecule has 0 aliphatic carbocycles. The highest BCUT2D eigenvalue weighted by Gasteiger charge is 2.23. The molecule has 2 rings (SSSR count). The topological polar surface area (TPSA) is 69.5 Å². The summed E-state index contributed by atoms with van der Waals surface area (Å²) in [6.45, 7) is 0. The minimum absolute atomic E-state index is 0.602. The first-order chi connectivity index (χ1) is 7.77. The molecule has 2 N–H and O–H groups in total. The average molecular weight is 287 g/mol. The maximum absolute atomic E-state index is 9.60. The minimum atomic E-state index is -0.940. The molecule has 1 aromatic rings. The molecule has 0 saturated carbocycles. The molecule has 7 heteroatoms. The van der Waals surface area contributed by atoms with Gasteiger partial charge < -0.3 is 9.84 Å². The van der Waals surface area contributed by atoms with E-state index in [4.69, 9.17) is 4.74 Å². The van der Waals surface area contributed by atoms with Crippen molar-refractivity contribution in [3.63, 3.8) is 0 Å². The first-order valence-electron chi connectivity index (χ1n) is 4.63. The molecule has 1 atom stereocenters. The number of anilines is 1. The van der Waals surface area contributed by atoms with E-state index in [1.54, 1.807) is 7.11 Å². The van der Waals surface area contributed by atoms with Gasteiger partial charge in [0.1, 0.15) is 5.75 Å². The van der Waals surface area contributed by atoms with Crippen molar-refractivity contribution in [2.24, 2.45) is 10.4 Å². The monoisotopic (exact) mass is 286 g/mol. The molecule has 0 amide bonds. The molecule has 1 aromatic carbocycles. The van der Waals surface area contributed by atoms with Gasteiger partial charge in [-0.2, -0.15) is 5.01 Å². The molecular formula is C9H11BrN4O2. The van der Waals surface area contributed by atoms with Crippen LogP contribution in [-0.4, -0.2) is 18.6 Å². The van der Waals surface area contributed by atoms with Crippen molar-refractivity contribution in [2.45, 2.75) is 11.7 Å². The third-order valence-electron chi connectivity index (χ3n) is 2.25. The van der Waals surface area contributed by atoms with Gasteiger partial charge in [-0.3, -0.25) is 0 Å². The van der Waals surface area contributed by atoms with Gasteiger partial charge in [-0.15, -0.1) is 0 Å². The van der Waals surface area contributed by atoms with E-state index >= 15 is 0 Å². The number of rotatable bonds is 3. The van der Waals surface area contributed by atoms with Crippen LogP contribution >= 0.6 is 15.9 Å². The third-order valence-corrected chi connectivity index (χ3v) is 2.82. The molecule has 16 heavy (non-hydrogen) atoms. The Morgan fingerprint density at radius 1 is 1.62 bits per heavy atom. The molecule has 1 aliphatic heterocycles. The second-order valence-electron chi connectivity index (χ2n) is 3.13. The van der Waals surface area contributed by atoms with E-state index in [0.717, 1.165) is 17.0 Å². The lowest BCUT2D eigenvalue weighted by atomic mass is 10.2. The third kappa shape index (κ3) is 1.83. The summed E-state index contributed by atoms with van der Waals surface area (Å²) in [6, 6.07) is 5.53. The molecule has 0 radical (unpaired) electrons. The van der Waals surface area contributed by atoms with Crippen LogP contribution in [0, 0.1) is 0 Å². The smallest absolute Gasteiger partial charge is 0.243 e. The summed E-state index contributed by atoms with van der Waals surface area (Å²) in [6.07, 6.45) is -0.940.